The minimum Gasteiger partial charge on any atom is -0.480 e. The summed E-state index contributed by atoms with van der Waals surface area (Å²) in [5, 5.41) is 18.6. The van der Waals surface area contributed by atoms with Gasteiger partial charge in [-0.1, -0.05) is 0 Å². The number of carboxylic acids is 1. The molecule has 0 heterocycles. The van der Waals surface area contributed by atoms with Crippen LogP contribution in [0.25, 0.3) is 0 Å². The summed E-state index contributed by atoms with van der Waals surface area (Å²) < 4.78 is 0. The smallest absolute Gasteiger partial charge is 0.320 e. The Bertz CT molecular complexity index is 215. The Labute approximate surface area is 75.3 Å². The molecule has 0 aromatic rings. The molecule has 1 unspecified atom stereocenters. The van der Waals surface area contributed by atoms with Gasteiger partial charge >= 0.3 is 5.97 Å². The van der Waals surface area contributed by atoms with Crippen molar-refractivity contribution in [2.24, 2.45) is 16.6 Å². The summed E-state index contributed by atoms with van der Waals surface area (Å²) in [6.45, 7) is 0. The van der Waals surface area contributed by atoms with E-state index in [1.54, 1.807) is 0 Å². The molecular weight excluding hydrogens is 174 g/mol. The first-order valence-electron chi connectivity index (χ1n) is 3.64. The highest BCUT2D eigenvalue weighted by Gasteiger charge is 2.08. The van der Waals surface area contributed by atoms with E-state index in [1.165, 1.54) is 6.21 Å². The Kier molecular flexibility index (Phi) is 5.20. The fraction of sp³-hybridized carbons (Fsp3) is 0.500. The fourth-order valence-corrected chi connectivity index (χ4v) is 0.557. The van der Waals surface area contributed by atoms with E-state index in [0.717, 1.165) is 0 Å². The normalized spacial score (nSPS) is 12.7. The molecule has 7 heteroatoms. The Balaban J connectivity index is 3.50. The van der Waals surface area contributed by atoms with E-state index in [1.807, 2.05) is 0 Å². The van der Waals surface area contributed by atoms with Crippen LogP contribution in [-0.2, 0) is 4.79 Å². The maximum atomic E-state index is 10.2. The van der Waals surface area contributed by atoms with E-state index < -0.39 is 12.0 Å². The van der Waals surface area contributed by atoms with E-state index >= 15 is 0 Å². The van der Waals surface area contributed by atoms with E-state index in [9.17, 15) is 4.79 Å². The first kappa shape index (κ1) is 11.4. The Morgan fingerprint density at radius 1 is 1.77 bits per heavy atom. The van der Waals surface area contributed by atoms with E-state index in [4.69, 9.17) is 22.0 Å². The molecule has 0 rings (SSSR count). The average Bonchev–Trinajstić information content (AvgIpc) is 2.02. The Morgan fingerprint density at radius 2 is 2.38 bits per heavy atom. The van der Waals surface area contributed by atoms with Crippen LogP contribution in [0.4, 0.5) is 0 Å². The van der Waals surface area contributed by atoms with Crippen molar-refractivity contribution < 1.29 is 9.90 Å². The van der Waals surface area contributed by atoms with Crippen molar-refractivity contribution in [3.8, 4) is 0 Å². The summed E-state index contributed by atoms with van der Waals surface area (Å²) >= 11 is 0. The zero-order valence-electron chi connectivity index (χ0n) is 7.03. The number of hydrogen-bond donors (Lipinski definition) is 5. The molecule has 13 heavy (non-hydrogen) atoms. The lowest BCUT2D eigenvalue weighted by Gasteiger charge is -2.01. The lowest BCUT2D eigenvalue weighted by molar-refractivity contribution is -0.138. The predicted octanol–water partition coefficient (Wildman–Crippen LogP) is -1.35. The van der Waals surface area contributed by atoms with Crippen molar-refractivity contribution in [1.29, 1.82) is 5.41 Å². The zero-order chi connectivity index (χ0) is 10.3. The molecule has 1 atom stereocenters. The number of hydrazone groups is 1. The third kappa shape index (κ3) is 6.76. The minimum absolute atomic E-state index is 0.265. The van der Waals surface area contributed by atoms with Crippen LogP contribution in [0.15, 0.2) is 5.10 Å². The van der Waals surface area contributed by atoms with Crippen molar-refractivity contribution in [2.45, 2.75) is 18.9 Å². The molecule has 0 saturated carbocycles. The molecule has 0 amide bonds. The second-order valence-electron chi connectivity index (χ2n) is 2.36. The number of nitrogens with two attached hydrogens (primary N) is 2. The van der Waals surface area contributed by atoms with Crippen molar-refractivity contribution >= 4 is 18.1 Å². The van der Waals surface area contributed by atoms with Gasteiger partial charge in [0.2, 0.25) is 5.96 Å². The largest absolute Gasteiger partial charge is 0.480 e. The maximum Gasteiger partial charge on any atom is 0.320 e. The molecule has 7 N–H and O–H groups in total. The molecule has 0 aliphatic carbocycles. The van der Waals surface area contributed by atoms with Crippen LogP contribution in [0.2, 0.25) is 0 Å². The second kappa shape index (κ2) is 5.95. The van der Waals surface area contributed by atoms with E-state index in [2.05, 4.69) is 10.5 Å². The highest BCUT2D eigenvalue weighted by molar-refractivity contribution is 5.75. The summed E-state index contributed by atoms with van der Waals surface area (Å²) in [5.41, 5.74) is 12.3. The highest BCUT2D eigenvalue weighted by Crippen LogP contribution is 1.91. The van der Waals surface area contributed by atoms with Crippen molar-refractivity contribution in [3.63, 3.8) is 0 Å². The van der Waals surface area contributed by atoms with Crippen LogP contribution >= 0.6 is 0 Å². The molecule has 0 aliphatic rings. The molecule has 0 spiro atoms. The molecule has 0 saturated heterocycles. The number of hydrogen-bond acceptors (Lipinski definition) is 4. The molecular formula is C6H13N5O2. The number of aliphatic carboxylic acids is 1. The van der Waals surface area contributed by atoms with E-state index in [-0.39, 0.29) is 5.96 Å². The van der Waals surface area contributed by atoms with Gasteiger partial charge in [-0.15, -0.1) is 0 Å². The topological polar surface area (TPSA) is 138 Å². The third-order valence-corrected chi connectivity index (χ3v) is 1.20. The van der Waals surface area contributed by atoms with Crippen LogP contribution in [-0.4, -0.2) is 29.3 Å². The molecule has 0 radical (unpaired) electrons. The summed E-state index contributed by atoms with van der Waals surface area (Å²) in [7, 11) is 0. The standard InChI is InChI=1S/C6H13N5O2/c7-4(5(12)13)2-1-3-10-11-6(8)9/h3-4H,1-2,7H2,(H,12,13)(H4,8,9,11). The van der Waals surface area contributed by atoms with Gasteiger partial charge in [-0.25, -0.2) is 5.43 Å². The van der Waals surface area contributed by atoms with Crippen LogP contribution in [0, 0.1) is 5.41 Å². The molecule has 0 bridgehead atoms. The van der Waals surface area contributed by atoms with Crippen LogP contribution in [0.3, 0.4) is 0 Å². The van der Waals surface area contributed by atoms with E-state index in [0.29, 0.717) is 12.8 Å². The van der Waals surface area contributed by atoms with Crippen molar-refractivity contribution in [2.75, 3.05) is 0 Å². The molecule has 74 valence electrons. The number of nitrogens with one attached hydrogen (secondary N) is 2. The summed E-state index contributed by atoms with van der Waals surface area (Å²) in [5.74, 6) is -1.30. The zero-order valence-corrected chi connectivity index (χ0v) is 7.03. The summed E-state index contributed by atoms with van der Waals surface area (Å²) in [4.78, 5) is 10.2. The molecule has 7 nitrogen and oxygen atoms in total. The monoisotopic (exact) mass is 187 g/mol. The summed E-state index contributed by atoms with van der Waals surface area (Å²) in [6.07, 6.45) is 2.15. The third-order valence-electron chi connectivity index (χ3n) is 1.20. The van der Waals surface area contributed by atoms with Crippen LogP contribution < -0.4 is 16.9 Å². The quantitative estimate of drug-likeness (QED) is 0.206. The highest BCUT2D eigenvalue weighted by atomic mass is 16.4. The first-order valence-corrected chi connectivity index (χ1v) is 3.64. The van der Waals surface area contributed by atoms with Crippen molar-refractivity contribution in [3.05, 3.63) is 0 Å². The van der Waals surface area contributed by atoms with Gasteiger partial charge in [-0.3, -0.25) is 10.2 Å². The molecule has 0 aromatic carbocycles. The van der Waals surface area contributed by atoms with Gasteiger partial charge in [-0.05, 0) is 12.8 Å². The molecule has 0 aliphatic heterocycles. The van der Waals surface area contributed by atoms with Gasteiger partial charge in [0.15, 0.2) is 0 Å². The van der Waals surface area contributed by atoms with Gasteiger partial charge in [0.05, 0.1) is 0 Å². The SMILES string of the molecule is N=C(N)NN=CCCC(N)C(=O)O. The van der Waals surface area contributed by atoms with Gasteiger partial charge in [-0.2, -0.15) is 5.10 Å². The lowest BCUT2D eigenvalue weighted by Crippen LogP contribution is -2.30. The fourth-order valence-electron chi connectivity index (χ4n) is 0.557. The van der Waals surface area contributed by atoms with Gasteiger partial charge in [0.1, 0.15) is 6.04 Å². The second-order valence-corrected chi connectivity index (χ2v) is 2.36. The first-order chi connectivity index (χ1) is 6.04. The van der Waals surface area contributed by atoms with Gasteiger partial charge < -0.3 is 16.6 Å². The van der Waals surface area contributed by atoms with Gasteiger partial charge in [0, 0.05) is 6.21 Å². The number of nitrogens with zero attached hydrogens (tertiary/aromatic N) is 1. The number of carbonyl (C=O) groups is 1. The Hall–Kier alpha value is -1.63. The number of rotatable bonds is 5. The Morgan fingerprint density at radius 3 is 2.85 bits per heavy atom. The van der Waals surface area contributed by atoms with Crippen LogP contribution in [0.1, 0.15) is 12.8 Å². The summed E-state index contributed by atoms with van der Waals surface area (Å²) in [6, 6.07) is -0.872. The lowest BCUT2D eigenvalue weighted by atomic mass is 10.2. The number of carboxylic acid groups (broad SMARTS) is 1. The predicted molar refractivity (Wildman–Crippen MR) is 48.4 cm³/mol. The van der Waals surface area contributed by atoms with Crippen molar-refractivity contribution in [1.82, 2.24) is 5.43 Å². The molecule has 0 aromatic heterocycles. The minimum atomic E-state index is -1.03. The van der Waals surface area contributed by atoms with Gasteiger partial charge in [0.25, 0.3) is 0 Å². The molecule has 0 fully saturated rings. The number of guanidine groups is 1. The maximum absolute atomic E-state index is 10.2. The van der Waals surface area contributed by atoms with Crippen LogP contribution in [0.5, 0.6) is 0 Å². The average molecular weight is 187 g/mol.